The van der Waals surface area contributed by atoms with Crippen molar-refractivity contribution in [2.24, 2.45) is 16.5 Å². The molecule has 0 aliphatic carbocycles. The van der Waals surface area contributed by atoms with Crippen molar-refractivity contribution in [1.82, 2.24) is 0 Å². The molecule has 0 atom stereocenters. The Morgan fingerprint density at radius 2 is 1.88 bits per heavy atom. The second kappa shape index (κ2) is 6.93. The number of nitrogens with two attached hydrogens (primary N) is 2. The average molecular weight is 383 g/mol. The Morgan fingerprint density at radius 3 is 2.42 bits per heavy atom. The third-order valence-corrected chi connectivity index (χ3v) is 3.64. The molecule has 0 heterocycles. The average Bonchev–Trinajstić information content (AvgIpc) is 2.53. The van der Waals surface area contributed by atoms with Crippen LogP contribution in [-0.4, -0.2) is 17.0 Å². The van der Waals surface area contributed by atoms with Crippen molar-refractivity contribution < 1.29 is 23.1 Å². The molecule has 1 amide bonds. The van der Waals surface area contributed by atoms with Crippen LogP contribution in [0.5, 0.6) is 5.75 Å². The Hall–Kier alpha value is -3.25. The summed E-state index contributed by atoms with van der Waals surface area (Å²) in [4.78, 5) is 15.5. The van der Waals surface area contributed by atoms with Crippen molar-refractivity contribution in [2.75, 3.05) is 0 Å². The fourth-order valence-corrected chi connectivity index (χ4v) is 2.46. The summed E-state index contributed by atoms with van der Waals surface area (Å²) < 4.78 is 39.1. The maximum atomic E-state index is 13.0. The number of halogens is 4. The van der Waals surface area contributed by atoms with Crippen LogP contribution >= 0.6 is 11.6 Å². The Bertz CT molecular complexity index is 961. The van der Waals surface area contributed by atoms with Crippen LogP contribution in [0.3, 0.4) is 0 Å². The Kier molecular flexibility index (Phi) is 5.09. The molecule has 10 heteroatoms. The second-order valence-electron chi connectivity index (χ2n) is 5.03. The van der Waals surface area contributed by atoms with Gasteiger partial charge in [0, 0.05) is 16.1 Å². The number of hydrogen-bond acceptors (Lipinski definition) is 3. The quantitative estimate of drug-likeness (QED) is 0.543. The number of aliphatic imine (C=N–C) groups is 1. The van der Waals surface area contributed by atoms with E-state index >= 15 is 0 Å². The van der Waals surface area contributed by atoms with Crippen LogP contribution in [0.2, 0.25) is 5.02 Å². The maximum absolute atomic E-state index is 13.0. The van der Waals surface area contributed by atoms with Gasteiger partial charge in [0.05, 0.1) is 22.8 Å². The number of benzene rings is 2. The van der Waals surface area contributed by atoms with Crippen molar-refractivity contribution in [1.29, 1.82) is 5.26 Å². The van der Waals surface area contributed by atoms with E-state index in [1.807, 2.05) is 0 Å². The highest BCUT2D eigenvalue weighted by atomic mass is 35.5. The molecule has 134 valence electrons. The van der Waals surface area contributed by atoms with Crippen LogP contribution in [-0.2, 0) is 6.18 Å². The lowest BCUT2D eigenvalue weighted by Gasteiger charge is -2.15. The lowest BCUT2D eigenvalue weighted by Crippen LogP contribution is -2.24. The number of carbonyl (C=O) groups is 1. The Morgan fingerprint density at radius 1 is 1.23 bits per heavy atom. The number of phenolic OH excluding ortho intramolecular Hbond substituents is 1. The minimum Gasteiger partial charge on any atom is -0.507 e. The van der Waals surface area contributed by atoms with Crippen molar-refractivity contribution in [3.8, 4) is 22.9 Å². The van der Waals surface area contributed by atoms with Gasteiger partial charge in [-0.2, -0.15) is 23.4 Å². The van der Waals surface area contributed by atoms with E-state index in [9.17, 15) is 28.3 Å². The first-order valence-corrected chi connectivity index (χ1v) is 7.21. The zero-order valence-electron chi connectivity index (χ0n) is 12.8. The summed E-state index contributed by atoms with van der Waals surface area (Å²) in [5.41, 5.74) is 7.90. The van der Waals surface area contributed by atoms with Crippen molar-refractivity contribution in [2.45, 2.75) is 6.18 Å². The highest BCUT2D eigenvalue weighted by Gasteiger charge is 2.32. The summed E-state index contributed by atoms with van der Waals surface area (Å²) in [6.45, 7) is 0. The molecule has 2 aromatic carbocycles. The van der Waals surface area contributed by atoms with Crippen molar-refractivity contribution >= 4 is 23.5 Å². The summed E-state index contributed by atoms with van der Waals surface area (Å²) in [6.07, 6.45) is -4.69. The van der Waals surface area contributed by atoms with Gasteiger partial charge in [-0.15, -0.1) is 0 Å². The fraction of sp³-hybridized carbons (Fsp3) is 0.0625. The van der Waals surface area contributed by atoms with Crippen LogP contribution in [0.1, 0.15) is 21.5 Å². The van der Waals surface area contributed by atoms with Gasteiger partial charge >= 0.3 is 6.18 Å². The molecular weight excluding hydrogens is 373 g/mol. The second-order valence-corrected chi connectivity index (χ2v) is 5.44. The number of nitrogens with zero attached hydrogens (tertiary/aromatic N) is 2. The number of amides is 1. The van der Waals surface area contributed by atoms with Gasteiger partial charge in [-0.05, 0) is 30.3 Å². The number of nitriles is 1. The molecule has 0 spiro atoms. The molecule has 0 fully saturated rings. The predicted molar refractivity (Wildman–Crippen MR) is 88.4 cm³/mol. The molecule has 0 radical (unpaired) electrons. The number of alkyl halides is 3. The van der Waals surface area contributed by atoms with E-state index in [-0.39, 0.29) is 21.7 Å². The van der Waals surface area contributed by atoms with Gasteiger partial charge in [-0.3, -0.25) is 4.79 Å². The molecule has 0 aliphatic rings. The SMILES string of the molecule is N#Cc1ccc(O)c(C(=O)N=C(N)N)c1-c1cc(C(F)(F)F)ccc1Cl. The number of hydrogen-bond donors (Lipinski definition) is 3. The van der Waals surface area contributed by atoms with Crippen LogP contribution in [0.4, 0.5) is 13.2 Å². The number of carbonyl (C=O) groups excluding carboxylic acids is 1. The Labute approximate surface area is 150 Å². The summed E-state index contributed by atoms with van der Waals surface area (Å²) in [5, 5.41) is 19.1. The first kappa shape index (κ1) is 19.1. The molecule has 0 aromatic heterocycles. The predicted octanol–water partition coefficient (Wildman–Crippen LogP) is 3.02. The molecule has 26 heavy (non-hydrogen) atoms. The van der Waals surface area contributed by atoms with E-state index in [4.69, 9.17) is 23.1 Å². The summed E-state index contributed by atoms with van der Waals surface area (Å²) in [7, 11) is 0. The lowest BCUT2D eigenvalue weighted by molar-refractivity contribution is -0.137. The number of aromatic hydroxyl groups is 1. The van der Waals surface area contributed by atoms with Gasteiger partial charge < -0.3 is 16.6 Å². The van der Waals surface area contributed by atoms with E-state index in [1.54, 1.807) is 6.07 Å². The van der Waals surface area contributed by atoms with Crippen LogP contribution in [0.25, 0.3) is 11.1 Å². The summed E-state index contributed by atoms with van der Waals surface area (Å²) >= 11 is 5.99. The Balaban J connectivity index is 2.90. The summed E-state index contributed by atoms with van der Waals surface area (Å²) in [5.74, 6) is -2.39. The number of phenols is 1. The smallest absolute Gasteiger partial charge is 0.416 e. The van der Waals surface area contributed by atoms with E-state index in [1.165, 1.54) is 0 Å². The third-order valence-electron chi connectivity index (χ3n) is 3.31. The molecule has 0 bridgehead atoms. The normalized spacial score (nSPS) is 10.9. The fourth-order valence-electron chi connectivity index (χ4n) is 2.25. The molecule has 2 aromatic rings. The zero-order valence-corrected chi connectivity index (χ0v) is 13.6. The van der Waals surface area contributed by atoms with Gasteiger partial charge in [0.25, 0.3) is 5.91 Å². The van der Waals surface area contributed by atoms with Gasteiger partial charge in [-0.25, -0.2) is 0 Å². The van der Waals surface area contributed by atoms with E-state index in [2.05, 4.69) is 4.99 Å². The highest BCUT2D eigenvalue weighted by molar-refractivity contribution is 6.33. The molecule has 2 rings (SSSR count). The first-order chi connectivity index (χ1) is 12.1. The van der Waals surface area contributed by atoms with Crippen LogP contribution in [0.15, 0.2) is 35.3 Å². The minimum atomic E-state index is -4.69. The minimum absolute atomic E-state index is 0.168. The molecular formula is C16H10ClF3N4O2. The standard InChI is InChI=1S/C16H10ClF3N4O2/c17-10-3-2-8(16(18,19)20)5-9(10)12-7(6-21)1-4-11(25)13(12)14(26)24-15(22)23/h1-5,25H,(H4,22,23,24,26). The van der Waals surface area contributed by atoms with Crippen molar-refractivity contribution in [3.63, 3.8) is 0 Å². The maximum Gasteiger partial charge on any atom is 0.416 e. The van der Waals surface area contributed by atoms with Gasteiger partial charge in [0.15, 0.2) is 5.96 Å². The van der Waals surface area contributed by atoms with Crippen LogP contribution < -0.4 is 11.5 Å². The van der Waals surface area contributed by atoms with Gasteiger partial charge in [0.1, 0.15) is 5.75 Å². The number of guanidine groups is 1. The van der Waals surface area contributed by atoms with Gasteiger partial charge in [-0.1, -0.05) is 11.6 Å². The van der Waals surface area contributed by atoms with E-state index in [0.29, 0.717) is 6.07 Å². The molecule has 6 nitrogen and oxygen atoms in total. The van der Waals surface area contributed by atoms with E-state index < -0.39 is 34.9 Å². The molecule has 0 saturated heterocycles. The monoisotopic (exact) mass is 382 g/mol. The molecule has 0 unspecified atom stereocenters. The van der Waals surface area contributed by atoms with Gasteiger partial charge in [0.2, 0.25) is 0 Å². The first-order valence-electron chi connectivity index (χ1n) is 6.83. The zero-order chi connectivity index (χ0) is 19.6. The van der Waals surface area contributed by atoms with Crippen LogP contribution in [0, 0.1) is 11.3 Å². The van der Waals surface area contributed by atoms with E-state index in [0.717, 1.165) is 24.3 Å². The largest absolute Gasteiger partial charge is 0.507 e. The highest BCUT2D eigenvalue weighted by Crippen LogP contribution is 2.40. The van der Waals surface area contributed by atoms with Crippen molar-refractivity contribution in [3.05, 3.63) is 52.0 Å². The topological polar surface area (TPSA) is 125 Å². The summed E-state index contributed by atoms with van der Waals surface area (Å²) in [6, 6.07) is 6.29. The molecule has 5 N–H and O–H groups in total. The lowest BCUT2D eigenvalue weighted by atomic mass is 9.92. The molecule has 0 saturated carbocycles. The third kappa shape index (κ3) is 3.70. The molecule has 0 aliphatic heterocycles. The number of rotatable bonds is 2.